The fourth-order valence-electron chi connectivity index (χ4n) is 4.11. The largest absolute Gasteiger partial charge is 0.434 e. The summed E-state index contributed by atoms with van der Waals surface area (Å²) >= 11 is 0. The highest BCUT2D eigenvalue weighted by Gasteiger charge is 2.30. The number of rotatable bonds is 4. The van der Waals surface area contributed by atoms with Gasteiger partial charge in [-0.15, -0.1) is 0 Å². The third-order valence-corrected chi connectivity index (χ3v) is 9.58. The van der Waals surface area contributed by atoms with E-state index in [2.05, 4.69) is 83.9 Å². The number of fused-ring (bicyclic) bond motifs is 1. The number of anilines is 1. The lowest BCUT2D eigenvalue weighted by Gasteiger charge is -2.32. The maximum absolute atomic E-state index is 12.7. The SMILES string of the molecule is O=C1OC(C=P(c2ccccc2)(c2ccccc2)c2ccccc2)Nc2ccccc21. The summed E-state index contributed by atoms with van der Waals surface area (Å²) in [6.45, 7) is -2.22. The molecule has 152 valence electrons. The first-order chi connectivity index (χ1) is 15.3. The second-order valence-corrected chi connectivity index (χ2v) is 10.7. The van der Waals surface area contributed by atoms with Gasteiger partial charge in [0.25, 0.3) is 0 Å². The van der Waals surface area contributed by atoms with Gasteiger partial charge in [0.05, 0.1) is 11.3 Å². The van der Waals surface area contributed by atoms with Gasteiger partial charge in [-0.05, 0) is 40.7 Å². The molecule has 0 saturated heterocycles. The summed E-state index contributed by atoms with van der Waals surface area (Å²) in [5, 5.41) is 7.06. The number of esters is 1. The molecule has 3 nitrogen and oxygen atoms in total. The molecule has 0 radical (unpaired) electrons. The van der Waals surface area contributed by atoms with Gasteiger partial charge in [0.1, 0.15) is 0 Å². The van der Waals surface area contributed by atoms with Gasteiger partial charge in [0.15, 0.2) is 6.23 Å². The number of ether oxygens (including phenoxy) is 1. The van der Waals surface area contributed by atoms with E-state index in [-0.39, 0.29) is 5.97 Å². The molecule has 1 heterocycles. The van der Waals surface area contributed by atoms with Crippen molar-refractivity contribution in [1.29, 1.82) is 0 Å². The molecule has 5 rings (SSSR count). The molecule has 0 bridgehead atoms. The topological polar surface area (TPSA) is 38.3 Å². The first kappa shape index (κ1) is 19.4. The summed E-state index contributed by atoms with van der Waals surface area (Å²) in [5.41, 5.74) is 1.36. The molecule has 0 saturated carbocycles. The number of hydrogen-bond acceptors (Lipinski definition) is 3. The van der Waals surface area contributed by atoms with Crippen LogP contribution >= 0.6 is 6.89 Å². The highest BCUT2D eigenvalue weighted by atomic mass is 31.2. The molecular formula is C27H22NO2P. The third kappa shape index (κ3) is 3.58. The summed E-state index contributed by atoms with van der Waals surface area (Å²) < 4.78 is 5.85. The van der Waals surface area contributed by atoms with E-state index in [4.69, 9.17) is 4.74 Å². The van der Waals surface area contributed by atoms with Gasteiger partial charge in [0.2, 0.25) is 0 Å². The zero-order chi connectivity index (χ0) is 21.1. The fourth-order valence-corrected chi connectivity index (χ4v) is 7.99. The Balaban J connectivity index is 1.78. The summed E-state index contributed by atoms with van der Waals surface area (Å²) in [5.74, 6) is 1.91. The minimum absolute atomic E-state index is 0.303. The van der Waals surface area contributed by atoms with Crippen LogP contribution in [-0.2, 0) is 4.74 Å². The van der Waals surface area contributed by atoms with E-state index in [1.165, 1.54) is 15.9 Å². The van der Waals surface area contributed by atoms with Crippen LogP contribution in [0.1, 0.15) is 10.4 Å². The number of carbonyl (C=O) groups excluding carboxylic acids is 1. The Labute approximate surface area is 182 Å². The molecule has 0 spiro atoms. The van der Waals surface area contributed by atoms with E-state index >= 15 is 0 Å². The Morgan fingerprint density at radius 3 is 1.61 bits per heavy atom. The maximum atomic E-state index is 12.7. The Hall–Kier alpha value is -3.55. The van der Waals surface area contributed by atoms with Crippen LogP contribution in [0.5, 0.6) is 0 Å². The molecule has 0 amide bonds. The molecular weight excluding hydrogens is 401 g/mol. The van der Waals surface area contributed by atoms with E-state index in [1.807, 2.05) is 36.4 Å². The van der Waals surface area contributed by atoms with Crippen LogP contribution in [-0.4, -0.2) is 18.0 Å². The number of carbonyl (C=O) groups is 1. The monoisotopic (exact) mass is 423 g/mol. The maximum Gasteiger partial charge on any atom is 0.342 e. The molecule has 0 aromatic heterocycles. The highest BCUT2D eigenvalue weighted by Crippen LogP contribution is 2.44. The summed E-state index contributed by atoms with van der Waals surface area (Å²) in [4.78, 5) is 12.7. The summed E-state index contributed by atoms with van der Waals surface area (Å²) in [7, 11) is 0. The summed E-state index contributed by atoms with van der Waals surface area (Å²) in [6, 6.07) is 39.0. The van der Waals surface area contributed by atoms with Crippen molar-refractivity contribution in [3.63, 3.8) is 0 Å². The average Bonchev–Trinajstić information content (AvgIpc) is 2.84. The molecule has 1 N–H and O–H groups in total. The van der Waals surface area contributed by atoms with Gasteiger partial charge >= 0.3 is 5.97 Å². The lowest BCUT2D eigenvalue weighted by atomic mass is 10.1. The Morgan fingerprint density at radius 1 is 0.645 bits per heavy atom. The van der Waals surface area contributed by atoms with Crippen LogP contribution in [0.3, 0.4) is 0 Å². The van der Waals surface area contributed by atoms with Crippen LogP contribution < -0.4 is 21.2 Å². The molecule has 1 aliphatic heterocycles. The second kappa shape index (κ2) is 8.29. The average molecular weight is 423 g/mol. The number of para-hydroxylation sites is 1. The van der Waals surface area contributed by atoms with Crippen molar-refractivity contribution in [3.05, 3.63) is 121 Å². The molecule has 4 aromatic carbocycles. The van der Waals surface area contributed by atoms with Crippen molar-refractivity contribution in [2.24, 2.45) is 0 Å². The quantitative estimate of drug-likeness (QED) is 0.391. The zero-order valence-electron chi connectivity index (χ0n) is 16.9. The van der Waals surface area contributed by atoms with Gasteiger partial charge in [0, 0.05) is 0 Å². The van der Waals surface area contributed by atoms with Gasteiger partial charge in [-0.2, -0.15) is 0 Å². The van der Waals surface area contributed by atoms with Crippen molar-refractivity contribution < 1.29 is 9.53 Å². The Bertz CT molecular complexity index is 1150. The second-order valence-electron chi connectivity index (χ2n) is 7.39. The van der Waals surface area contributed by atoms with Crippen LogP contribution in [0, 0.1) is 0 Å². The zero-order valence-corrected chi connectivity index (χ0v) is 17.8. The van der Waals surface area contributed by atoms with Gasteiger partial charge < -0.3 is 10.1 Å². The van der Waals surface area contributed by atoms with Crippen LogP contribution in [0.2, 0.25) is 0 Å². The molecule has 1 unspecified atom stereocenters. The first-order valence-electron chi connectivity index (χ1n) is 10.3. The van der Waals surface area contributed by atoms with Crippen molar-refractivity contribution in [1.82, 2.24) is 0 Å². The fraction of sp³-hybridized carbons (Fsp3) is 0.0370. The van der Waals surface area contributed by atoms with Gasteiger partial charge in [-0.1, -0.05) is 103 Å². The molecule has 31 heavy (non-hydrogen) atoms. The molecule has 0 fully saturated rings. The van der Waals surface area contributed by atoms with Gasteiger partial charge in [-0.3, -0.25) is 0 Å². The van der Waals surface area contributed by atoms with Gasteiger partial charge in [-0.25, -0.2) is 4.79 Å². The minimum Gasteiger partial charge on any atom is -0.434 e. The Morgan fingerprint density at radius 2 is 1.10 bits per heavy atom. The molecule has 0 aliphatic carbocycles. The van der Waals surface area contributed by atoms with Crippen LogP contribution in [0.4, 0.5) is 5.69 Å². The minimum atomic E-state index is -2.22. The van der Waals surface area contributed by atoms with Crippen molar-refractivity contribution in [3.8, 4) is 0 Å². The first-order valence-corrected chi connectivity index (χ1v) is 12.1. The van der Waals surface area contributed by atoms with E-state index in [0.29, 0.717) is 5.56 Å². The predicted molar refractivity (Wildman–Crippen MR) is 130 cm³/mol. The smallest absolute Gasteiger partial charge is 0.342 e. The van der Waals surface area contributed by atoms with Crippen molar-refractivity contribution in [2.45, 2.75) is 6.23 Å². The van der Waals surface area contributed by atoms with E-state index < -0.39 is 13.1 Å². The van der Waals surface area contributed by atoms with Crippen molar-refractivity contribution >= 4 is 40.3 Å². The predicted octanol–water partition coefficient (Wildman–Crippen LogP) is 4.39. The van der Waals surface area contributed by atoms with Crippen LogP contribution in [0.25, 0.3) is 0 Å². The van der Waals surface area contributed by atoms with Crippen LogP contribution in [0.15, 0.2) is 115 Å². The summed E-state index contributed by atoms with van der Waals surface area (Å²) in [6.07, 6.45) is -0.545. The normalized spacial score (nSPS) is 15.4. The number of benzene rings is 4. The highest BCUT2D eigenvalue weighted by molar-refractivity contribution is 7.94. The lowest BCUT2D eigenvalue weighted by Crippen LogP contribution is -2.37. The third-order valence-electron chi connectivity index (χ3n) is 5.53. The Kier molecular flexibility index (Phi) is 5.19. The molecule has 1 aliphatic rings. The van der Waals surface area contributed by atoms with Crippen molar-refractivity contribution in [2.75, 3.05) is 5.32 Å². The number of nitrogens with one attached hydrogen (secondary N) is 1. The number of cyclic esters (lactones) is 1. The molecule has 1 atom stereocenters. The van der Waals surface area contributed by atoms with E-state index in [9.17, 15) is 4.79 Å². The lowest BCUT2D eigenvalue weighted by molar-refractivity contribution is 0.0452. The standard InChI is InChI=1S/C27H22NO2P/c29-27-24-18-10-11-19-25(24)28-26(30-27)20-31(21-12-4-1-5-13-21,22-14-6-2-7-15-22)23-16-8-3-9-17-23/h1-20,26,28H. The molecule has 4 heteroatoms. The van der Waals surface area contributed by atoms with E-state index in [0.717, 1.165) is 5.69 Å². The number of hydrogen-bond donors (Lipinski definition) is 1. The molecule has 4 aromatic rings. The van der Waals surface area contributed by atoms with E-state index in [1.54, 1.807) is 6.07 Å².